The van der Waals surface area contributed by atoms with Crippen molar-refractivity contribution in [3.8, 4) is 0 Å². The van der Waals surface area contributed by atoms with E-state index in [0.29, 0.717) is 15.7 Å². The molecule has 124 valence electrons. The standard InChI is InChI=1S/C15H19ClN4O2S/c1-9(2)20-6-5-13(18-20)23(22)19-15(21)17-14-10(3)7-12(16)8-11(14)4/h5-9H,1-4H3,(H2,17,19,21). The van der Waals surface area contributed by atoms with Crippen molar-refractivity contribution in [1.29, 1.82) is 0 Å². The molecule has 0 saturated carbocycles. The van der Waals surface area contributed by atoms with Gasteiger partial charge in [0.1, 0.15) is 0 Å². The Morgan fingerprint density at radius 2 is 1.91 bits per heavy atom. The monoisotopic (exact) mass is 354 g/mol. The number of hydrogen-bond donors (Lipinski definition) is 2. The van der Waals surface area contributed by atoms with Gasteiger partial charge in [0.25, 0.3) is 0 Å². The minimum Gasteiger partial charge on any atom is -0.307 e. The van der Waals surface area contributed by atoms with Crippen LogP contribution >= 0.6 is 11.6 Å². The van der Waals surface area contributed by atoms with Gasteiger partial charge in [0, 0.05) is 22.9 Å². The summed E-state index contributed by atoms with van der Waals surface area (Å²) in [6.07, 6.45) is 1.73. The molecule has 8 heteroatoms. The summed E-state index contributed by atoms with van der Waals surface area (Å²) in [5.41, 5.74) is 2.32. The Hall–Kier alpha value is -1.86. The highest BCUT2D eigenvalue weighted by molar-refractivity contribution is 7.83. The lowest BCUT2D eigenvalue weighted by molar-refractivity contribution is 0.257. The number of amides is 2. The van der Waals surface area contributed by atoms with Crippen LogP contribution in [-0.2, 0) is 11.0 Å². The van der Waals surface area contributed by atoms with Crippen molar-refractivity contribution >= 4 is 34.3 Å². The van der Waals surface area contributed by atoms with Crippen LogP contribution in [0.2, 0.25) is 5.02 Å². The van der Waals surface area contributed by atoms with Gasteiger partial charge in [0.2, 0.25) is 0 Å². The molecule has 0 aliphatic rings. The molecule has 6 nitrogen and oxygen atoms in total. The summed E-state index contributed by atoms with van der Waals surface area (Å²) in [6.45, 7) is 7.61. The van der Waals surface area contributed by atoms with E-state index < -0.39 is 17.0 Å². The molecule has 1 aromatic carbocycles. The molecule has 2 amide bonds. The third kappa shape index (κ3) is 4.33. The number of carbonyl (C=O) groups is 1. The topological polar surface area (TPSA) is 76.0 Å². The fraction of sp³-hybridized carbons (Fsp3) is 0.333. The van der Waals surface area contributed by atoms with Gasteiger partial charge in [0.15, 0.2) is 16.0 Å². The molecule has 1 heterocycles. The first kappa shape index (κ1) is 17.5. The van der Waals surface area contributed by atoms with Crippen LogP contribution in [0, 0.1) is 13.8 Å². The number of halogens is 1. The Morgan fingerprint density at radius 1 is 1.30 bits per heavy atom. The third-order valence-electron chi connectivity index (χ3n) is 3.22. The maximum absolute atomic E-state index is 12.1. The predicted octanol–water partition coefficient (Wildman–Crippen LogP) is 3.58. The van der Waals surface area contributed by atoms with Crippen LogP contribution in [0.3, 0.4) is 0 Å². The summed E-state index contributed by atoms with van der Waals surface area (Å²) in [5, 5.41) is 7.78. The second-order valence-corrected chi connectivity index (χ2v) is 7.06. The molecule has 0 aliphatic carbocycles. The minimum atomic E-state index is -1.72. The van der Waals surface area contributed by atoms with Gasteiger partial charge >= 0.3 is 6.03 Å². The first-order chi connectivity index (χ1) is 10.8. The summed E-state index contributed by atoms with van der Waals surface area (Å²) in [5.74, 6) is 0. The van der Waals surface area contributed by atoms with Gasteiger partial charge in [-0.1, -0.05) is 11.6 Å². The van der Waals surface area contributed by atoms with E-state index >= 15 is 0 Å². The number of anilines is 1. The van der Waals surface area contributed by atoms with E-state index in [-0.39, 0.29) is 6.04 Å². The fourth-order valence-corrected chi connectivity index (χ4v) is 3.09. The quantitative estimate of drug-likeness (QED) is 0.881. The number of carbonyl (C=O) groups excluding carboxylic acids is 1. The molecular formula is C15H19ClN4O2S. The number of rotatable bonds is 4. The number of benzene rings is 1. The van der Waals surface area contributed by atoms with E-state index in [4.69, 9.17) is 11.6 Å². The number of urea groups is 1. The molecule has 2 rings (SSSR count). The van der Waals surface area contributed by atoms with Crippen LogP contribution < -0.4 is 10.0 Å². The molecule has 0 saturated heterocycles. The number of nitrogens with one attached hydrogen (secondary N) is 2. The highest BCUT2D eigenvalue weighted by Gasteiger charge is 2.14. The normalized spacial score (nSPS) is 12.3. The van der Waals surface area contributed by atoms with Crippen LogP contribution in [0.5, 0.6) is 0 Å². The number of hydrogen-bond acceptors (Lipinski definition) is 3. The van der Waals surface area contributed by atoms with Crippen LogP contribution in [0.1, 0.15) is 31.0 Å². The number of aromatic nitrogens is 2. The van der Waals surface area contributed by atoms with Crippen molar-refractivity contribution in [2.75, 3.05) is 5.32 Å². The first-order valence-corrected chi connectivity index (χ1v) is 8.62. The highest BCUT2D eigenvalue weighted by atomic mass is 35.5. The van der Waals surface area contributed by atoms with Crippen molar-refractivity contribution in [2.45, 2.75) is 38.8 Å². The molecule has 0 spiro atoms. The third-order valence-corrected chi connectivity index (χ3v) is 4.41. The smallest absolute Gasteiger partial charge is 0.307 e. The summed E-state index contributed by atoms with van der Waals surface area (Å²) in [6, 6.07) is 4.73. The van der Waals surface area contributed by atoms with Crippen molar-refractivity contribution in [3.63, 3.8) is 0 Å². The minimum absolute atomic E-state index is 0.161. The van der Waals surface area contributed by atoms with Gasteiger partial charge in [-0.3, -0.25) is 9.40 Å². The molecule has 2 N–H and O–H groups in total. The van der Waals surface area contributed by atoms with Gasteiger partial charge in [0.05, 0.1) is 0 Å². The van der Waals surface area contributed by atoms with E-state index in [2.05, 4.69) is 15.1 Å². The van der Waals surface area contributed by atoms with Crippen LogP contribution in [0.4, 0.5) is 10.5 Å². The molecule has 0 aliphatic heterocycles. The largest absolute Gasteiger partial charge is 0.331 e. The lowest BCUT2D eigenvalue weighted by atomic mass is 10.1. The van der Waals surface area contributed by atoms with E-state index in [1.807, 2.05) is 27.7 Å². The Bertz CT molecular complexity index is 735. The van der Waals surface area contributed by atoms with Gasteiger partial charge < -0.3 is 5.32 Å². The first-order valence-electron chi connectivity index (χ1n) is 7.09. The zero-order chi connectivity index (χ0) is 17.1. The summed E-state index contributed by atoms with van der Waals surface area (Å²) < 4.78 is 16.2. The maximum Gasteiger partial charge on any atom is 0.331 e. The molecule has 1 unspecified atom stereocenters. The van der Waals surface area contributed by atoms with E-state index in [9.17, 15) is 9.00 Å². The molecule has 1 atom stereocenters. The lowest BCUT2D eigenvalue weighted by Crippen LogP contribution is -2.31. The molecule has 0 fully saturated rings. The lowest BCUT2D eigenvalue weighted by Gasteiger charge is -2.12. The molecule has 0 radical (unpaired) electrons. The predicted molar refractivity (Wildman–Crippen MR) is 92.1 cm³/mol. The molecule has 1 aromatic heterocycles. The fourth-order valence-electron chi connectivity index (χ4n) is 2.09. The molecular weight excluding hydrogens is 336 g/mol. The summed E-state index contributed by atoms with van der Waals surface area (Å²) >= 11 is 5.96. The van der Waals surface area contributed by atoms with Crippen molar-refractivity contribution < 1.29 is 9.00 Å². The van der Waals surface area contributed by atoms with Gasteiger partial charge in [-0.2, -0.15) is 5.10 Å². The summed E-state index contributed by atoms with van der Waals surface area (Å²) in [7, 11) is -1.72. The average molecular weight is 355 g/mol. The van der Waals surface area contributed by atoms with Gasteiger partial charge in [-0.15, -0.1) is 0 Å². The van der Waals surface area contributed by atoms with E-state index in [1.165, 1.54) is 0 Å². The van der Waals surface area contributed by atoms with Gasteiger partial charge in [-0.05, 0) is 57.0 Å². The number of nitrogens with zero attached hydrogens (tertiary/aromatic N) is 2. The Labute approximate surface area is 142 Å². The molecule has 0 bridgehead atoms. The van der Waals surface area contributed by atoms with E-state index in [1.54, 1.807) is 29.1 Å². The second kappa shape index (κ2) is 7.14. The highest BCUT2D eigenvalue weighted by Crippen LogP contribution is 2.24. The Kier molecular flexibility index (Phi) is 5.43. The SMILES string of the molecule is Cc1cc(Cl)cc(C)c1NC(=O)NS(=O)c1ccn(C(C)C)n1. The maximum atomic E-state index is 12.1. The van der Waals surface area contributed by atoms with Crippen molar-refractivity contribution in [3.05, 3.63) is 40.5 Å². The van der Waals surface area contributed by atoms with Crippen molar-refractivity contribution in [2.24, 2.45) is 0 Å². The van der Waals surface area contributed by atoms with Crippen molar-refractivity contribution in [1.82, 2.24) is 14.5 Å². The van der Waals surface area contributed by atoms with Gasteiger partial charge in [-0.25, -0.2) is 9.00 Å². The molecule has 2 aromatic rings. The Balaban J connectivity index is 2.06. The summed E-state index contributed by atoms with van der Waals surface area (Å²) in [4.78, 5) is 12.0. The zero-order valence-electron chi connectivity index (χ0n) is 13.4. The van der Waals surface area contributed by atoms with Crippen LogP contribution in [0.25, 0.3) is 0 Å². The second-order valence-electron chi connectivity index (χ2n) is 5.47. The average Bonchev–Trinajstić information content (AvgIpc) is 2.92. The zero-order valence-corrected chi connectivity index (χ0v) is 15.0. The number of aryl methyl sites for hydroxylation is 2. The Morgan fingerprint density at radius 3 is 2.43 bits per heavy atom. The van der Waals surface area contributed by atoms with E-state index in [0.717, 1.165) is 11.1 Å². The molecule has 23 heavy (non-hydrogen) atoms. The van der Waals surface area contributed by atoms with Crippen LogP contribution in [-0.4, -0.2) is 20.0 Å². The van der Waals surface area contributed by atoms with Crippen LogP contribution in [0.15, 0.2) is 29.4 Å².